The lowest BCUT2D eigenvalue weighted by Crippen LogP contribution is -2.56. The average molecular weight is 350 g/mol. The van der Waals surface area contributed by atoms with Crippen LogP contribution in [0, 0.1) is 0 Å². The summed E-state index contributed by atoms with van der Waals surface area (Å²) in [6, 6.07) is 0. The Kier molecular flexibility index (Phi) is 5.24. The quantitative estimate of drug-likeness (QED) is 0.775. The number of likely N-dealkylation sites (tertiary alicyclic amines) is 1. The molecule has 2 fully saturated rings. The summed E-state index contributed by atoms with van der Waals surface area (Å²) in [7, 11) is -3.61. The number of nitrogens with zero attached hydrogens (tertiary/aromatic N) is 1. The normalized spacial score (nSPS) is 25.4. The van der Waals surface area contributed by atoms with Crippen LogP contribution in [0.2, 0.25) is 0 Å². The third-order valence-corrected chi connectivity index (χ3v) is 4.67. The van der Waals surface area contributed by atoms with Crippen LogP contribution in [-0.4, -0.2) is 68.8 Å². The van der Waals surface area contributed by atoms with Gasteiger partial charge in [-0.25, -0.2) is 18.4 Å². The van der Waals surface area contributed by atoms with Crippen molar-refractivity contribution in [3.05, 3.63) is 0 Å². The molecule has 0 aromatic heterocycles. The molecule has 2 aliphatic rings. The molecule has 0 aliphatic carbocycles. The van der Waals surface area contributed by atoms with Crippen LogP contribution in [0.1, 0.15) is 33.6 Å². The molecule has 134 valence electrons. The van der Waals surface area contributed by atoms with E-state index in [9.17, 15) is 13.2 Å². The van der Waals surface area contributed by atoms with E-state index < -0.39 is 27.3 Å². The SMILES string of the molecule is CC(C)(C)OC(=O)N1CCC2(CC1)COCC(CS(N)(=O)=O)O2. The second-order valence-electron chi connectivity index (χ2n) is 7.23. The summed E-state index contributed by atoms with van der Waals surface area (Å²) >= 11 is 0. The van der Waals surface area contributed by atoms with Crippen molar-refractivity contribution >= 4 is 16.1 Å². The number of nitrogens with two attached hydrogens (primary N) is 1. The number of sulfonamides is 1. The van der Waals surface area contributed by atoms with Crippen molar-refractivity contribution in [2.45, 2.75) is 50.9 Å². The van der Waals surface area contributed by atoms with E-state index in [-0.39, 0.29) is 18.5 Å². The van der Waals surface area contributed by atoms with Gasteiger partial charge >= 0.3 is 6.09 Å². The summed E-state index contributed by atoms with van der Waals surface area (Å²) in [6.07, 6.45) is 0.248. The Balaban J connectivity index is 1.91. The zero-order chi connectivity index (χ0) is 17.3. The summed E-state index contributed by atoms with van der Waals surface area (Å²) in [5, 5.41) is 5.07. The zero-order valence-electron chi connectivity index (χ0n) is 13.9. The number of hydrogen-bond donors (Lipinski definition) is 1. The Morgan fingerprint density at radius 2 is 1.96 bits per heavy atom. The van der Waals surface area contributed by atoms with Gasteiger partial charge in [-0.1, -0.05) is 0 Å². The highest BCUT2D eigenvalue weighted by Crippen LogP contribution is 2.32. The van der Waals surface area contributed by atoms with Gasteiger partial charge in [0.2, 0.25) is 10.0 Å². The van der Waals surface area contributed by atoms with Crippen molar-refractivity contribution in [2.24, 2.45) is 5.14 Å². The number of carbonyl (C=O) groups excluding carboxylic acids is 1. The lowest BCUT2D eigenvalue weighted by atomic mass is 9.91. The molecule has 2 saturated heterocycles. The molecular formula is C14H26N2O6S. The van der Waals surface area contributed by atoms with Gasteiger partial charge in [0, 0.05) is 13.1 Å². The fourth-order valence-corrected chi connectivity index (χ4v) is 3.51. The van der Waals surface area contributed by atoms with Gasteiger partial charge in [0.05, 0.1) is 30.7 Å². The monoisotopic (exact) mass is 350 g/mol. The number of hydrogen-bond acceptors (Lipinski definition) is 6. The van der Waals surface area contributed by atoms with E-state index in [4.69, 9.17) is 19.3 Å². The van der Waals surface area contributed by atoms with Gasteiger partial charge < -0.3 is 19.1 Å². The highest BCUT2D eigenvalue weighted by Gasteiger charge is 2.43. The average Bonchev–Trinajstić information content (AvgIpc) is 2.35. The van der Waals surface area contributed by atoms with Gasteiger partial charge in [0.25, 0.3) is 0 Å². The standard InChI is InChI=1S/C14H26N2O6S/c1-13(2,3)22-12(17)16-6-4-14(5-7-16)10-20-8-11(21-14)9-23(15,18)19/h11H,4-10H2,1-3H3,(H2,15,18,19). The summed E-state index contributed by atoms with van der Waals surface area (Å²) in [5.41, 5.74) is -1.08. The summed E-state index contributed by atoms with van der Waals surface area (Å²) in [5.74, 6) is -0.259. The Morgan fingerprint density at radius 3 is 2.48 bits per heavy atom. The minimum Gasteiger partial charge on any atom is -0.444 e. The molecule has 0 aromatic rings. The van der Waals surface area contributed by atoms with E-state index in [1.807, 2.05) is 20.8 Å². The van der Waals surface area contributed by atoms with Gasteiger partial charge in [-0.15, -0.1) is 0 Å². The molecule has 1 unspecified atom stereocenters. The van der Waals surface area contributed by atoms with Crippen LogP contribution >= 0.6 is 0 Å². The fourth-order valence-electron chi connectivity index (χ4n) is 2.82. The molecule has 0 bridgehead atoms. The maximum absolute atomic E-state index is 12.1. The first kappa shape index (κ1) is 18.4. The van der Waals surface area contributed by atoms with Crippen molar-refractivity contribution in [1.29, 1.82) is 0 Å². The van der Waals surface area contributed by atoms with E-state index in [0.717, 1.165) is 0 Å². The highest BCUT2D eigenvalue weighted by atomic mass is 32.2. The molecule has 0 radical (unpaired) electrons. The molecule has 2 N–H and O–H groups in total. The van der Waals surface area contributed by atoms with Crippen molar-refractivity contribution in [1.82, 2.24) is 4.90 Å². The zero-order valence-corrected chi connectivity index (χ0v) is 14.7. The molecule has 2 rings (SSSR count). The van der Waals surface area contributed by atoms with Crippen LogP contribution < -0.4 is 5.14 Å². The van der Waals surface area contributed by atoms with Crippen molar-refractivity contribution in [3.8, 4) is 0 Å². The van der Waals surface area contributed by atoms with Crippen molar-refractivity contribution in [2.75, 3.05) is 32.1 Å². The van der Waals surface area contributed by atoms with E-state index >= 15 is 0 Å². The number of piperidine rings is 1. The first-order valence-corrected chi connectivity index (χ1v) is 9.44. The largest absolute Gasteiger partial charge is 0.444 e. The molecule has 23 heavy (non-hydrogen) atoms. The lowest BCUT2D eigenvalue weighted by Gasteiger charge is -2.45. The van der Waals surface area contributed by atoms with E-state index in [1.165, 1.54) is 0 Å². The van der Waals surface area contributed by atoms with Crippen LogP contribution in [-0.2, 0) is 24.2 Å². The number of rotatable bonds is 2. The predicted molar refractivity (Wildman–Crippen MR) is 83.4 cm³/mol. The number of ether oxygens (including phenoxy) is 3. The van der Waals surface area contributed by atoms with Crippen molar-refractivity contribution < 1.29 is 27.4 Å². The second-order valence-corrected chi connectivity index (χ2v) is 8.89. The first-order chi connectivity index (χ1) is 10.5. The molecule has 1 spiro atoms. The Hall–Kier alpha value is -0.900. The second kappa shape index (κ2) is 6.54. The van der Waals surface area contributed by atoms with E-state index in [2.05, 4.69) is 0 Å². The molecule has 1 amide bonds. The van der Waals surface area contributed by atoms with Crippen LogP contribution in [0.5, 0.6) is 0 Å². The lowest BCUT2D eigenvalue weighted by molar-refractivity contribution is -0.207. The minimum atomic E-state index is -3.61. The Bertz CT molecular complexity index is 534. The van der Waals surface area contributed by atoms with Gasteiger partial charge in [0.1, 0.15) is 5.60 Å². The highest BCUT2D eigenvalue weighted by molar-refractivity contribution is 7.89. The summed E-state index contributed by atoms with van der Waals surface area (Å²) in [4.78, 5) is 13.7. The molecule has 0 aromatic carbocycles. The van der Waals surface area contributed by atoms with Gasteiger partial charge in [-0.05, 0) is 33.6 Å². The molecule has 0 saturated carbocycles. The van der Waals surface area contributed by atoms with Gasteiger partial charge in [-0.3, -0.25) is 0 Å². The molecule has 9 heteroatoms. The Morgan fingerprint density at radius 1 is 1.35 bits per heavy atom. The maximum atomic E-state index is 12.1. The summed E-state index contributed by atoms with van der Waals surface area (Å²) in [6.45, 7) is 7.07. The van der Waals surface area contributed by atoms with Crippen molar-refractivity contribution in [3.63, 3.8) is 0 Å². The number of primary sulfonamides is 1. The smallest absolute Gasteiger partial charge is 0.410 e. The van der Waals surface area contributed by atoms with Crippen LogP contribution in [0.3, 0.4) is 0 Å². The Labute approximate surface area is 137 Å². The molecular weight excluding hydrogens is 324 g/mol. The van der Waals surface area contributed by atoms with Gasteiger partial charge in [-0.2, -0.15) is 0 Å². The van der Waals surface area contributed by atoms with Gasteiger partial charge in [0.15, 0.2) is 0 Å². The maximum Gasteiger partial charge on any atom is 0.410 e. The minimum absolute atomic E-state index is 0.216. The molecule has 2 aliphatic heterocycles. The van der Waals surface area contributed by atoms with E-state index in [0.29, 0.717) is 32.5 Å². The van der Waals surface area contributed by atoms with E-state index in [1.54, 1.807) is 4.90 Å². The predicted octanol–water partition coefficient (Wildman–Crippen LogP) is 0.460. The fraction of sp³-hybridized carbons (Fsp3) is 0.929. The summed E-state index contributed by atoms with van der Waals surface area (Å²) < 4.78 is 39.3. The van der Waals surface area contributed by atoms with Crippen LogP contribution in [0.4, 0.5) is 4.79 Å². The first-order valence-electron chi connectivity index (χ1n) is 7.72. The molecule has 2 heterocycles. The third-order valence-electron chi connectivity index (χ3n) is 3.83. The number of carbonyl (C=O) groups is 1. The van der Waals surface area contributed by atoms with Crippen LogP contribution in [0.15, 0.2) is 0 Å². The molecule has 1 atom stereocenters. The van der Waals surface area contributed by atoms with Crippen LogP contribution in [0.25, 0.3) is 0 Å². The topological polar surface area (TPSA) is 108 Å². The third kappa shape index (κ3) is 5.59. The molecule has 8 nitrogen and oxygen atoms in total. The number of amides is 1.